The van der Waals surface area contributed by atoms with Gasteiger partial charge in [-0.1, -0.05) is 11.6 Å². The second-order valence-electron chi connectivity index (χ2n) is 6.74. The minimum absolute atomic E-state index is 0.0697. The maximum Gasteiger partial charge on any atom is 0.410 e. The molecule has 2 rings (SSSR count). The van der Waals surface area contributed by atoms with Crippen molar-refractivity contribution in [3.63, 3.8) is 0 Å². The van der Waals surface area contributed by atoms with Crippen molar-refractivity contribution in [3.8, 4) is 0 Å². The van der Waals surface area contributed by atoms with E-state index in [1.54, 1.807) is 23.1 Å². The average Bonchev–Trinajstić information content (AvgIpc) is 2.85. The molecular weight excluding hydrogens is 302 g/mol. The number of hydrogen-bond donors (Lipinski definition) is 0. The van der Waals surface area contributed by atoms with Crippen LogP contribution in [0.2, 0.25) is 5.02 Å². The van der Waals surface area contributed by atoms with Crippen molar-refractivity contribution in [2.45, 2.75) is 39.7 Å². The normalized spacial score (nSPS) is 18.4. The average molecular weight is 324 g/mol. The van der Waals surface area contributed by atoms with Gasteiger partial charge in [-0.05, 0) is 57.9 Å². The lowest BCUT2D eigenvalue weighted by molar-refractivity contribution is 0.0289. The largest absolute Gasteiger partial charge is 0.444 e. The molecule has 0 N–H and O–H groups in total. The van der Waals surface area contributed by atoms with E-state index in [-0.39, 0.29) is 17.8 Å². The van der Waals surface area contributed by atoms with Crippen molar-refractivity contribution >= 4 is 23.5 Å². The van der Waals surface area contributed by atoms with Gasteiger partial charge in [0.05, 0.1) is 0 Å². The van der Waals surface area contributed by atoms with E-state index in [9.17, 15) is 9.59 Å². The van der Waals surface area contributed by atoms with Crippen LogP contribution >= 0.6 is 11.6 Å². The molecule has 1 aliphatic heterocycles. The Hall–Kier alpha value is -1.55. The molecule has 1 heterocycles. The van der Waals surface area contributed by atoms with E-state index in [2.05, 4.69) is 0 Å². The molecule has 1 aliphatic rings. The first-order valence-corrected chi connectivity index (χ1v) is 7.83. The fraction of sp³-hybridized carbons (Fsp3) is 0.529. The predicted molar refractivity (Wildman–Crippen MR) is 86.4 cm³/mol. The first-order chi connectivity index (χ1) is 10.2. The summed E-state index contributed by atoms with van der Waals surface area (Å²) in [7, 11) is 0. The van der Waals surface area contributed by atoms with Gasteiger partial charge >= 0.3 is 6.09 Å². The number of nitrogens with zero attached hydrogens (tertiary/aromatic N) is 1. The standard InChI is InChI=1S/C17H22ClNO3/c1-11-9-13(18)5-6-14(11)15(20)12-7-8-19(10-12)16(21)22-17(2,3)4/h5-6,9,12H,7-8,10H2,1-4H3/t12-/m1/s1. The lowest BCUT2D eigenvalue weighted by Gasteiger charge is -2.24. The third-order valence-corrected chi connectivity index (χ3v) is 3.90. The van der Waals surface area contributed by atoms with Gasteiger partial charge in [0.2, 0.25) is 0 Å². The molecule has 0 spiro atoms. The summed E-state index contributed by atoms with van der Waals surface area (Å²) in [5, 5.41) is 0.621. The minimum atomic E-state index is -0.522. The molecule has 1 aromatic rings. The first-order valence-electron chi connectivity index (χ1n) is 7.45. The molecule has 1 aromatic carbocycles. The lowest BCUT2D eigenvalue weighted by atomic mass is 9.94. The van der Waals surface area contributed by atoms with Crippen LogP contribution < -0.4 is 0 Å². The highest BCUT2D eigenvalue weighted by atomic mass is 35.5. The Morgan fingerprint density at radius 2 is 2.00 bits per heavy atom. The number of benzene rings is 1. The Balaban J connectivity index is 2.03. The minimum Gasteiger partial charge on any atom is -0.444 e. The van der Waals surface area contributed by atoms with Crippen LogP contribution in [-0.2, 0) is 4.74 Å². The van der Waals surface area contributed by atoms with Crippen LogP contribution in [0.5, 0.6) is 0 Å². The Labute approximate surface area is 136 Å². The van der Waals surface area contributed by atoms with E-state index in [4.69, 9.17) is 16.3 Å². The monoisotopic (exact) mass is 323 g/mol. The quantitative estimate of drug-likeness (QED) is 0.770. The lowest BCUT2D eigenvalue weighted by Crippen LogP contribution is -2.35. The molecule has 0 aliphatic carbocycles. The summed E-state index contributed by atoms with van der Waals surface area (Å²) in [6.07, 6.45) is 0.316. The number of hydrogen-bond acceptors (Lipinski definition) is 3. The highest BCUT2D eigenvalue weighted by Gasteiger charge is 2.34. The number of halogens is 1. The van der Waals surface area contributed by atoms with Crippen LogP contribution in [0.4, 0.5) is 4.79 Å². The molecule has 4 nitrogen and oxygen atoms in total. The Morgan fingerprint density at radius 3 is 2.59 bits per heavy atom. The van der Waals surface area contributed by atoms with E-state index < -0.39 is 5.60 Å². The molecule has 0 bridgehead atoms. The third kappa shape index (κ3) is 4.01. The van der Waals surface area contributed by atoms with Crippen molar-refractivity contribution in [2.75, 3.05) is 13.1 Å². The molecule has 120 valence electrons. The summed E-state index contributed by atoms with van der Waals surface area (Å²) in [4.78, 5) is 26.3. The summed E-state index contributed by atoms with van der Waals surface area (Å²) in [6, 6.07) is 5.27. The summed E-state index contributed by atoms with van der Waals surface area (Å²) in [5.41, 5.74) is 1.03. The molecule has 1 amide bonds. The van der Waals surface area contributed by atoms with Crippen LogP contribution in [0.3, 0.4) is 0 Å². The molecular formula is C17H22ClNO3. The fourth-order valence-corrected chi connectivity index (χ4v) is 2.82. The van der Waals surface area contributed by atoms with Crippen LogP contribution in [0.25, 0.3) is 0 Å². The molecule has 0 aromatic heterocycles. The van der Waals surface area contributed by atoms with Crippen molar-refractivity contribution in [2.24, 2.45) is 5.92 Å². The summed E-state index contributed by atoms with van der Waals surface area (Å²) in [6.45, 7) is 8.34. The second kappa shape index (κ2) is 6.29. The summed E-state index contributed by atoms with van der Waals surface area (Å²) < 4.78 is 5.35. The molecule has 1 fully saturated rings. The van der Waals surface area contributed by atoms with Crippen molar-refractivity contribution in [3.05, 3.63) is 34.3 Å². The molecule has 1 saturated heterocycles. The van der Waals surface area contributed by atoms with Gasteiger partial charge in [-0.15, -0.1) is 0 Å². The van der Waals surface area contributed by atoms with Crippen LogP contribution in [0.15, 0.2) is 18.2 Å². The summed E-state index contributed by atoms with van der Waals surface area (Å²) in [5.74, 6) is -0.104. The highest BCUT2D eigenvalue weighted by Crippen LogP contribution is 2.25. The van der Waals surface area contributed by atoms with Gasteiger partial charge in [0, 0.05) is 29.6 Å². The molecule has 0 radical (unpaired) electrons. The van der Waals surface area contributed by atoms with Crippen LogP contribution in [0.1, 0.15) is 43.1 Å². The van der Waals surface area contributed by atoms with Crippen LogP contribution in [0, 0.1) is 12.8 Å². The number of Topliss-reactive ketones (excluding diaryl/α,β-unsaturated/α-hetero) is 1. The molecule has 5 heteroatoms. The number of ketones is 1. The van der Waals surface area contributed by atoms with Gasteiger partial charge in [-0.3, -0.25) is 4.79 Å². The Kier molecular flexibility index (Phi) is 4.81. The van der Waals surface area contributed by atoms with Gasteiger partial charge < -0.3 is 9.64 Å². The smallest absolute Gasteiger partial charge is 0.410 e. The first kappa shape index (κ1) is 16.8. The van der Waals surface area contributed by atoms with Crippen molar-refractivity contribution in [1.29, 1.82) is 0 Å². The summed E-state index contributed by atoms with van der Waals surface area (Å²) >= 11 is 5.93. The third-order valence-electron chi connectivity index (χ3n) is 3.66. The number of amides is 1. The SMILES string of the molecule is Cc1cc(Cl)ccc1C(=O)[C@@H]1CCN(C(=O)OC(C)(C)C)C1. The number of aryl methyl sites for hydroxylation is 1. The van der Waals surface area contributed by atoms with Gasteiger partial charge in [-0.2, -0.15) is 0 Å². The number of carbonyl (C=O) groups is 2. The van der Waals surface area contributed by atoms with Gasteiger partial charge in [-0.25, -0.2) is 4.79 Å². The van der Waals surface area contributed by atoms with Gasteiger partial charge in [0.15, 0.2) is 5.78 Å². The van der Waals surface area contributed by atoms with E-state index >= 15 is 0 Å². The maximum absolute atomic E-state index is 12.6. The number of carbonyl (C=O) groups excluding carboxylic acids is 2. The van der Waals surface area contributed by atoms with E-state index in [0.29, 0.717) is 30.1 Å². The molecule has 22 heavy (non-hydrogen) atoms. The number of rotatable bonds is 2. The van der Waals surface area contributed by atoms with E-state index in [0.717, 1.165) is 5.56 Å². The fourth-order valence-electron chi connectivity index (χ4n) is 2.59. The van der Waals surface area contributed by atoms with Gasteiger partial charge in [0.25, 0.3) is 0 Å². The van der Waals surface area contributed by atoms with E-state index in [1.165, 1.54) is 0 Å². The van der Waals surface area contributed by atoms with Crippen molar-refractivity contribution in [1.82, 2.24) is 4.90 Å². The zero-order valence-corrected chi connectivity index (χ0v) is 14.2. The second-order valence-corrected chi connectivity index (χ2v) is 7.17. The topological polar surface area (TPSA) is 46.6 Å². The van der Waals surface area contributed by atoms with Gasteiger partial charge in [0.1, 0.15) is 5.60 Å². The van der Waals surface area contributed by atoms with Crippen molar-refractivity contribution < 1.29 is 14.3 Å². The Bertz CT molecular complexity index is 592. The molecule has 1 atom stereocenters. The number of likely N-dealkylation sites (tertiary alicyclic amines) is 1. The molecule has 0 saturated carbocycles. The van der Waals surface area contributed by atoms with Crippen LogP contribution in [-0.4, -0.2) is 35.5 Å². The maximum atomic E-state index is 12.6. The zero-order valence-electron chi connectivity index (χ0n) is 13.5. The highest BCUT2D eigenvalue weighted by molar-refractivity contribution is 6.30. The predicted octanol–water partition coefficient (Wildman–Crippen LogP) is 4.09. The molecule has 0 unspecified atom stereocenters. The Morgan fingerprint density at radius 1 is 1.32 bits per heavy atom. The van der Waals surface area contributed by atoms with E-state index in [1.807, 2.05) is 27.7 Å². The zero-order chi connectivity index (χ0) is 16.5. The number of ether oxygens (including phenoxy) is 1.